The van der Waals surface area contributed by atoms with Crippen molar-refractivity contribution in [3.05, 3.63) is 0 Å². The molecule has 1 rings (SSSR count). The third-order valence-electron chi connectivity index (χ3n) is 3.54. The first-order valence-corrected chi connectivity index (χ1v) is 7.86. The highest BCUT2D eigenvalue weighted by Crippen LogP contribution is 2.18. The summed E-state index contributed by atoms with van der Waals surface area (Å²) in [5, 5.41) is 3.48. The molecule has 5 heteroatoms. The van der Waals surface area contributed by atoms with Crippen LogP contribution in [-0.4, -0.2) is 54.0 Å². The molecule has 1 saturated heterocycles. The predicted molar refractivity (Wildman–Crippen MR) is 84.5 cm³/mol. The summed E-state index contributed by atoms with van der Waals surface area (Å²) in [7, 11) is 0. The van der Waals surface area contributed by atoms with Gasteiger partial charge in [-0.25, -0.2) is 4.79 Å². The number of ether oxygens (including phenoxy) is 2. The molecule has 0 aromatic heterocycles. The molecule has 0 spiro atoms. The number of rotatable bonds is 4. The van der Waals surface area contributed by atoms with Crippen molar-refractivity contribution in [2.24, 2.45) is 0 Å². The summed E-state index contributed by atoms with van der Waals surface area (Å²) in [4.78, 5) is 14.1. The Balaban J connectivity index is 2.53. The summed E-state index contributed by atoms with van der Waals surface area (Å²) in [6.07, 6.45) is 1.02. The number of hydrogen-bond donors (Lipinski definition) is 1. The molecule has 0 radical (unpaired) electrons. The van der Waals surface area contributed by atoms with Gasteiger partial charge in [0.15, 0.2) is 0 Å². The summed E-state index contributed by atoms with van der Waals surface area (Å²) < 4.78 is 11.0. The monoisotopic (exact) mass is 300 g/mol. The fourth-order valence-electron chi connectivity index (χ4n) is 2.38. The van der Waals surface area contributed by atoms with Gasteiger partial charge in [0.25, 0.3) is 0 Å². The van der Waals surface area contributed by atoms with E-state index in [0.717, 1.165) is 19.6 Å². The van der Waals surface area contributed by atoms with Crippen LogP contribution < -0.4 is 5.32 Å². The largest absolute Gasteiger partial charge is 0.444 e. The van der Waals surface area contributed by atoms with E-state index in [-0.39, 0.29) is 17.7 Å². The molecule has 0 bridgehead atoms. The molecule has 0 aliphatic carbocycles. The van der Waals surface area contributed by atoms with Crippen molar-refractivity contribution >= 4 is 6.09 Å². The maximum atomic E-state index is 12.3. The van der Waals surface area contributed by atoms with E-state index in [0.29, 0.717) is 12.6 Å². The molecule has 124 valence electrons. The van der Waals surface area contributed by atoms with Crippen molar-refractivity contribution in [2.75, 3.05) is 19.7 Å². The van der Waals surface area contributed by atoms with E-state index >= 15 is 0 Å². The standard InChI is InChI=1S/C16H32N2O3/c1-12-13(8-11-20-12)17-9-10-18(15(2,3)4)14(19)21-16(5,6)7/h12-13,17H,8-11H2,1-7H3. The SMILES string of the molecule is CC1OCCC1NCCN(C(=O)OC(C)(C)C)C(C)(C)C. The van der Waals surface area contributed by atoms with Crippen molar-refractivity contribution in [1.82, 2.24) is 10.2 Å². The number of hydrogen-bond acceptors (Lipinski definition) is 4. The lowest BCUT2D eigenvalue weighted by atomic mass is 10.1. The van der Waals surface area contributed by atoms with Crippen LogP contribution in [0.1, 0.15) is 54.9 Å². The van der Waals surface area contributed by atoms with E-state index in [1.165, 1.54) is 0 Å². The lowest BCUT2D eigenvalue weighted by Gasteiger charge is -2.37. The van der Waals surface area contributed by atoms with Crippen LogP contribution in [0, 0.1) is 0 Å². The first-order valence-electron chi connectivity index (χ1n) is 7.86. The molecule has 2 atom stereocenters. The quantitative estimate of drug-likeness (QED) is 0.867. The first-order chi connectivity index (χ1) is 9.50. The van der Waals surface area contributed by atoms with Crippen molar-refractivity contribution in [1.29, 1.82) is 0 Å². The van der Waals surface area contributed by atoms with E-state index in [2.05, 4.69) is 12.2 Å². The third kappa shape index (κ3) is 6.22. The molecular formula is C16H32N2O3. The van der Waals surface area contributed by atoms with Gasteiger partial charge in [0.1, 0.15) is 5.60 Å². The van der Waals surface area contributed by atoms with Gasteiger partial charge in [-0.05, 0) is 54.9 Å². The molecule has 0 aromatic carbocycles. The second-order valence-corrected chi connectivity index (χ2v) is 7.73. The molecular weight excluding hydrogens is 268 g/mol. The van der Waals surface area contributed by atoms with Gasteiger partial charge < -0.3 is 19.7 Å². The maximum Gasteiger partial charge on any atom is 0.410 e. The van der Waals surface area contributed by atoms with Crippen molar-refractivity contribution < 1.29 is 14.3 Å². The van der Waals surface area contributed by atoms with E-state index in [4.69, 9.17) is 9.47 Å². The summed E-state index contributed by atoms with van der Waals surface area (Å²) in [6, 6.07) is 0.380. The highest BCUT2D eigenvalue weighted by atomic mass is 16.6. The molecule has 2 unspecified atom stereocenters. The van der Waals surface area contributed by atoms with Crippen LogP contribution in [0.4, 0.5) is 4.79 Å². The van der Waals surface area contributed by atoms with E-state index < -0.39 is 5.60 Å². The molecule has 0 saturated carbocycles. The minimum Gasteiger partial charge on any atom is -0.444 e. The Morgan fingerprint density at radius 3 is 2.33 bits per heavy atom. The Kier molecular flexibility index (Phi) is 6.05. The molecule has 21 heavy (non-hydrogen) atoms. The number of carbonyl (C=O) groups excluding carboxylic acids is 1. The maximum absolute atomic E-state index is 12.3. The molecule has 1 amide bonds. The lowest BCUT2D eigenvalue weighted by Crippen LogP contribution is -2.51. The Morgan fingerprint density at radius 2 is 1.90 bits per heavy atom. The van der Waals surface area contributed by atoms with E-state index in [9.17, 15) is 4.79 Å². The van der Waals surface area contributed by atoms with Crippen LogP contribution >= 0.6 is 0 Å². The van der Waals surface area contributed by atoms with Crippen LogP contribution in [0.2, 0.25) is 0 Å². The van der Waals surface area contributed by atoms with Gasteiger partial charge in [0, 0.05) is 31.3 Å². The van der Waals surface area contributed by atoms with Gasteiger partial charge in [-0.1, -0.05) is 0 Å². The Bertz CT molecular complexity index is 344. The van der Waals surface area contributed by atoms with Crippen LogP contribution in [0.15, 0.2) is 0 Å². The summed E-state index contributed by atoms with van der Waals surface area (Å²) in [6.45, 7) is 16.0. The van der Waals surface area contributed by atoms with Crippen molar-refractivity contribution in [3.63, 3.8) is 0 Å². The van der Waals surface area contributed by atoms with Gasteiger partial charge in [-0.3, -0.25) is 0 Å². The van der Waals surface area contributed by atoms with E-state index in [1.54, 1.807) is 4.90 Å². The zero-order valence-corrected chi connectivity index (χ0v) is 14.7. The van der Waals surface area contributed by atoms with Gasteiger partial charge in [-0.15, -0.1) is 0 Å². The second kappa shape index (κ2) is 6.97. The van der Waals surface area contributed by atoms with Crippen LogP contribution in [0.3, 0.4) is 0 Å². The Morgan fingerprint density at radius 1 is 1.29 bits per heavy atom. The van der Waals surface area contributed by atoms with Crippen molar-refractivity contribution in [2.45, 2.75) is 78.2 Å². The highest BCUT2D eigenvalue weighted by Gasteiger charge is 2.31. The second-order valence-electron chi connectivity index (χ2n) is 7.73. The van der Waals surface area contributed by atoms with Crippen LogP contribution in [0.25, 0.3) is 0 Å². The topological polar surface area (TPSA) is 50.8 Å². The molecule has 5 nitrogen and oxygen atoms in total. The average molecular weight is 300 g/mol. The summed E-state index contributed by atoms with van der Waals surface area (Å²) in [5.41, 5.74) is -0.733. The zero-order valence-electron chi connectivity index (χ0n) is 14.7. The molecule has 1 fully saturated rings. The molecule has 1 aliphatic rings. The normalized spacial score (nSPS) is 23.2. The Labute approximate surface area is 129 Å². The molecule has 1 aliphatic heterocycles. The van der Waals surface area contributed by atoms with Gasteiger partial charge in [-0.2, -0.15) is 0 Å². The van der Waals surface area contributed by atoms with Crippen LogP contribution in [0.5, 0.6) is 0 Å². The molecule has 1 N–H and O–H groups in total. The Hall–Kier alpha value is -0.810. The fourth-order valence-corrected chi connectivity index (χ4v) is 2.38. The number of nitrogens with zero attached hydrogens (tertiary/aromatic N) is 1. The summed E-state index contributed by atoms with van der Waals surface area (Å²) in [5.74, 6) is 0. The number of amides is 1. The van der Waals surface area contributed by atoms with Gasteiger partial charge >= 0.3 is 6.09 Å². The third-order valence-corrected chi connectivity index (χ3v) is 3.54. The van der Waals surface area contributed by atoms with Crippen molar-refractivity contribution in [3.8, 4) is 0 Å². The smallest absolute Gasteiger partial charge is 0.410 e. The highest BCUT2D eigenvalue weighted by molar-refractivity contribution is 5.69. The van der Waals surface area contributed by atoms with Gasteiger partial charge in [0.2, 0.25) is 0 Å². The average Bonchev–Trinajstić information content (AvgIpc) is 2.66. The lowest BCUT2D eigenvalue weighted by molar-refractivity contribution is 0.00631. The minimum atomic E-state index is -0.470. The number of nitrogens with one attached hydrogen (secondary N) is 1. The summed E-state index contributed by atoms with van der Waals surface area (Å²) >= 11 is 0. The minimum absolute atomic E-state index is 0.245. The fraction of sp³-hybridized carbons (Fsp3) is 0.938. The van der Waals surface area contributed by atoms with Gasteiger partial charge in [0.05, 0.1) is 6.10 Å². The molecule has 0 aromatic rings. The predicted octanol–water partition coefficient (Wildman–Crippen LogP) is 2.79. The van der Waals surface area contributed by atoms with Crippen LogP contribution in [-0.2, 0) is 9.47 Å². The van der Waals surface area contributed by atoms with E-state index in [1.807, 2.05) is 41.5 Å². The molecule has 1 heterocycles. The first kappa shape index (κ1) is 18.2. The zero-order chi connectivity index (χ0) is 16.3. The number of carbonyl (C=O) groups is 1.